The Morgan fingerprint density at radius 1 is 1.47 bits per heavy atom. The number of thiazole rings is 1. The summed E-state index contributed by atoms with van der Waals surface area (Å²) in [5.74, 6) is 0. The van der Waals surface area contributed by atoms with E-state index in [0.717, 1.165) is 25.1 Å². The first-order chi connectivity index (χ1) is 7.15. The van der Waals surface area contributed by atoms with Crippen molar-refractivity contribution in [2.75, 3.05) is 5.73 Å². The Morgan fingerprint density at radius 2 is 2.27 bits per heavy atom. The number of hydrogen-bond donors (Lipinski definition) is 1. The minimum Gasteiger partial charge on any atom is -0.398 e. The first-order valence-corrected chi connectivity index (χ1v) is 6.79. The molecule has 1 aromatic heterocycles. The number of nitrogen functional groups attached to an aromatic ring is 1. The number of benzene rings is 1. The van der Waals surface area contributed by atoms with E-state index < -0.39 is 0 Å². The van der Waals surface area contributed by atoms with Crippen LogP contribution < -0.4 is 5.73 Å². The molecule has 1 heterocycles. The Labute approximate surface area is 105 Å². The fourth-order valence-corrected chi connectivity index (χ4v) is 3.28. The Kier molecular flexibility index (Phi) is 3.33. The molecule has 0 aliphatic rings. The number of rotatable bonds is 2. The number of anilines is 1. The monoisotopic (exact) mass is 300 g/mol. The van der Waals surface area contributed by atoms with Gasteiger partial charge in [0.2, 0.25) is 0 Å². The fraction of sp³-hybridized carbons (Fsp3) is 0.100. The summed E-state index contributed by atoms with van der Waals surface area (Å²) in [7, 11) is 0. The summed E-state index contributed by atoms with van der Waals surface area (Å²) >= 11 is 6.63. The predicted octanol–water partition coefficient (Wildman–Crippen LogP) is 3.95. The second-order valence-electron chi connectivity index (χ2n) is 3.04. The smallest absolute Gasteiger partial charge is 0.154 e. The lowest BCUT2D eigenvalue weighted by Gasteiger charge is -2.02. The van der Waals surface area contributed by atoms with Crippen LogP contribution in [0.3, 0.4) is 0 Å². The van der Waals surface area contributed by atoms with Gasteiger partial charge in [-0.25, -0.2) is 4.98 Å². The lowest BCUT2D eigenvalue weighted by Crippen LogP contribution is -1.87. The summed E-state index contributed by atoms with van der Waals surface area (Å²) in [6.45, 7) is 1.99. The van der Waals surface area contributed by atoms with Gasteiger partial charge in [0.1, 0.15) is 0 Å². The second-order valence-corrected chi connectivity index (χ2v) is 6.10. The van der Waals surface area contributed by atoms with E-state index in [4.69, 9.17) is 5.73 Å². The van der Waals surface area contributed by atoms with Crippen LogP contribution in [-0.2, 0) is 0 Å². The largest absolute Gasteiger partial charge is 0.398 e. The maximum atomic E-state index is 5.90. The summed E-state index contributed by atoms with van der Waals surface area (Å²) in [6.07, 6.45) is 0. The summed E-state index contributed by atoms with van der Waals surface area (Å²) in [4.78, 5) is 5.43. The van der Waals surface area contributed by atoms with E-state index in [-0.39, 0.29) is 0 Å². The molecule has 0 aliphatic heterocycles. The predicted molar refractivity (Wildman–Crippen MR) is 69.5 cm³/mol. The summed E-state index contributed by atoms with van der Waals surface area (Å²) in [6, 6.07) is 5.89. The number of aromatic nitrogens is 1. The van der Waals surface area contributed by atoms with Crippen molar-refractivity contribution in [2.45, 2.75) is 16.2 Å². The zero-order valence-electron chi connectivity index (χ0n) is 8.03. The van der Waals surface area contributed by atoms with Gasteiger partial charge in [-0.2, -0.15) is 0 Å². The van der Waals surface area contributed by atoms with Crippen LogP contribution >= 0.6 is 39.0 Å². The topological polar surface area (TPSA) is 38.9 Å². The van der Waals surface area contributed by atoms with Crippen LogP contribution in [0, 0.1) is 6.92 Å². The first-order valence-electron chi connectivity index (χ1n) is 4.30. The van der Waals surface area contributed by atoms with Crippen molar-refractivity contribution >= 4 is 44.7 Å². The molecule has 0 unspecified atom stereocenters. The molecule has 0 saturated heterocycles. The van der Waals surface area contributed by atoms with E-state index >= 15 is 0 Å². The van der Waals surface area contributed by atoms with Gasteiger partial charge in [-0.1, -0.05) is 27.7 Å². The molecular weight excluding hydrogens is 292 g/mol. The Bertz CT molecular complexity index is 482. The first kappa shape index (κ1) is 11.0. The Hall–Kier alpha value is -0.520. The molecular formula is C10H9BrN2S2. The van der Waals surface area contributed by atoms with Gasteiger partial charge < -0.3 is 5.73 Å². The van der Waals surface area contributed by atoms with E-state index in [2.05, 4.69) is 20.9 Å². The van der Waals surface area contributed by atoms with E-state index in [1.165, 1.54) is 0 Å². The average Bonchev–Trinajstić information content (AvgIpc) is 2.56. The van der Waals surface area contributed by atoms with Crippen molar-refractivity contribution in [2.24, 2.45) is 0 Å². The van der Waals surface area contributed by atoms with Crippen molar-refractivity contribution in [1.82, 2.24) is 4.98 Å². The molecule has 15 heavy (non-hydrogen) atoms. The summed E-state index contributed by atoms with van der Waals surface area (Å²) in [5, 5.41) is 2.04. The summed E-state index contributed by atoms with van der Waals surface area (Å²) in [5.41, 5.74) is 7.74. The fourth-order valence-electron chi connectivity index (χ4n) is 1.09. The van der Waals surface area contributed by atoms with Gasteiger partial charge in [0.25, 0.3) is 0 Å². The van der Waals surface area contributed by atoms with Gasteiger partial charge in [-0.3, -0.25) is 0 Å². The summed E-state index contributed by atoms with van der Waals surface area (Å²) < 4.78 is 2.03. The van der Waals surface area contributed by atoms with Crippen LogP contribution in [0.5, 0.6) is 0 Å². The van der Waals surface area contributed by atoms with E-state index in [1.54, 1.807) is 23.1 Å². The zero-order valence-corrected chi connectivity index (χ0v) is 11.2. The number of hydrogen-bond acceptors (Lipinski definition) is 4. The molecule has 0 radical (unpaired) electrons. The van der Waals surface area contributed by atoms with Crippen molar-refractivity contribution < 1.29 is 0 Å². The van der Waals surface area contributed by atoms with Crippen LogP contribution in [-0.4, -0.2) is 4.98 Å². The van der Waals surface area contributed by atoms with Gasteiger partial charge >= 0.3 is 0 Å². The molecule has 2 rings (SSSR count). The molecule has 0 bridgehead atoms. The molecule has 2 N–H and O–H groups in total. The van der Waals surface area contributed by atoms with Gasteiger partial charge in [0, 0.05) is 26.1 Å². The van der Waals surface area contributed by atoms with Crippen molar-refractivity contribution in [3.63, 3.8) is 0 Å². The lowest BCUT2D eigenvalue weighted by molar-refractivity contribution is 1.16. The van der Waals surface area contributed by atoms with Gasteiger partial charge in [-0.15, -0.1) is 11.3 Å². The van der Waals surface area contributed by atoms with Crippen LogP contribution in [0.25, 0.3) is 0 Å². The van der Waals surface area contributed by atoms with Crippen LogP contribution in [0.4, 0.5) is 5.69 Å². The molecule has 0 aliphatic carbocycles. The number of nitrogens with two attached hydrogens (primary N) is 1. The third kappa shape index (κ3) is 2.74. The highest BCUT2D eigenvalue weighted by molar-refractivity contribution is 9.10. The SMILES string of the molecule is Cc1csc(Sc2ccc(Br)cc2N)n1. The third-order valence-electron chi connectivity index (χ3n) is 1.77. The minimum atomic E-state index is 0.780. The average molecular weight is 301 g/mol. The third-order valence-corrected chi connectivity index (χ3v) is 4.41. The van der Waals surface area contributed by atoms with Crippen LogP contribution in [0.1, 0.15) is 5.69 Å². The van der Waals surface area contributed by atoms with Gasteiger partial charge in [0.05, 0.1) is 0 Å². The van der Waals surface area contributed by atoms with Crippen molar-refractivity contribution in [3.05, 3.63) is 33.7 Å². The van der Waals surface area contributed by atoms with Crippen molar-refractivity contribution in [1.29, 1.82) is 0 Å². The Balaban J connectivity index is 2.24. The van der Waals surface area contributed by atoms with Crippen LogP contribution in [0.2, 0.25) is 0 Å². The number of halogens is 1. The van der Waals surface area contributed by atoms with E-state index in [1.807, 2.05) is 30.5 Å². The maximum Gasteiger partial charge on any atom is 0.154 e. The van der Waals surface area contributed by atoms with Gasteiger partial charge in [0.15, 0.2) is 4.34 Å². The second kappa shape index (κ2) is 4.55. The highest BCUT2D eigenvalue weighted by Gasteiger charge is 2.05. The highest BCUT2D eigenvalue weighted by atomic mass is 79.9. The molecule has 1 aromatic carbocycles. The Morgan fingerprint density at radius 3 is 2.87 bits per heavy atom. The number of nitrogens with zero attached hydrogens (tertiary/aromatic N) is 1. The van der Waals surface area contributed by atoms with Crippen molar-refractivity contribution in [3.8, 4) is 0 Å². The van der Waals surface area contributed by atoms with Gasteiger partial charge in [-0.05, 0) is 25.1 Å². The highest BCUT2D eigenvalue weighted by Crippen LogP contribution is 2.34. The van der Waals surface area contributed by atoms with E-state index in [0.29, 0.717) is 0 Å². The number of aryl methyl sites for hydroxylation is 1. The van der Waals surface area contributed by atoms with Crippen LogP contribution in [0.15, 0.2) is 37.3 Å². The molecule has 2 nitrogen and oxygen atoms in total. The quantitative estimate of drug-likeness (QED) is 0.854. The normalized spacial score (nSPS) is 10.5. The lowest BCUT2D eigenvalue weighted by atomic mass is 10.3. The molecule has 0 saturated carbocycles. The molecule has 0 spiro atoms. The maximum absolute atomic E-state index is 5.90. The molecule has 5 heteroatoms. The molecule has 0 fully saturated rings. The van der Waals surface area contributed by atoms with E-state index in [9.17, 15) is 0 Å². The molecule has 0 atom stereocenters. The standard InChI is InChI=1S/C10H9BrN2S2/c1-6-5-14-10(13-6)15-9-3-2-7(11)4-8(9)12/h2-5H,12H2,1H3. The minimum absolute atomic E-state index is 0.780. The molecule has 78 valence electrons. The molecule has 2 aromatic rings. The zero-order chi connectivity index (χ0) is 10.8. The molecule has 0 amide bonds.